The third kappa shape index (κ3) is 4.44. The lowest BCUT2D eigenvalue weighted by molar-refractivity contribution is 0.0319. The predicted octanol–water partition coefficient (Wildman–Crippen LogP) is 7.70. The molecule has 2 nitrogen and oxygen atoms in total. The maximum absolute atomic E-state index is 14.4. The predicted molar refractivity (Wildman–Crippen MR) is 130 cm³/mol. The molecule has 3 heteroatoms. The molecule has 3 fully saturated rings. The highest BCUT2D eigenvalue weighted by Gasteiger charge is 2.49. The Morgan fingerprint density at radius 3 is 2.03 bits per heavy atom. The van der Waals surface area contributed by atoms with Gasteiger partial charge in [0, 0.05) is 0 Å². The van der Waals surface area contributed by atoms with E-state index >= 15 is 0 Å². The van der Waals surface area contributed by atoms with Crippen LogP contribution in [0.2, 0.25) is 0 Å². The van der Waals surface area contributed by atoms with Gasteiger partial charge in [0.05, 0.1) is 11.1 Å². The van der Waals surface area contributed by atoms with Gasteiger partial charge in [0.15, 0.2) is 0 Å². The van der Waals surface area contributed by atoms with Crippen LogP contribution in [0.5, 0.6) is 0 Å². The minimum Gasteiger partial charge on any atom is -0.207 e. The number of rotatable bonds is 8. The van der Waals surface area contributed by atoms with Gasteiger partial charge in [-0.2, -0.15) is 10.5 Å². The van der Waals surface area contributed by atoms with Crippen LogP contribution in [0.4, 0.5) is 4.39 Å². The molecule has 0 atom stereocenters. The van der Waals surface area contributed by atoms with Crippen LogP contribution in [0.15, 0.2) is 30.3 Å². The smallest absolute Gasteiger partial charge is 0.126 e. The van der Waals surface area contributed by atoms with Gasteiger partial charge in [-0.25, -0.2) is 4.39 Å². The van der Waals surface area contributed by atoms with Gasteiger partial charge in [-0.05, 0) is 103 Å². The van der Waals surface area contributed by atoms with E-state index in [2.05, 4.69) is 38.1 Å². The molecule has 2 aromatic rings. The van der Waals surface area contributed by atoms with Crippen molar-refractivity contribution in [3.05, 3.63) is 69.5 Å². The second-order valence-corrected chi connectivity index (χ2v) is 10.5. The summed E-state index contributed by atoms with van der Waals surface area (Å²) in [6, 6.07) is 14.5. The van der Waals surface area contributed by atoms with Crippen LogP contribution >= 0.6 is 0 Å². The molecule has 3 aliphatic carbocycles. The number of benzene rings is 2. The molecule has 0 unspecified atom stereocenters. The van der Waals surface area contributed by atoms with Gasteiger partial charge in [-0.3, -0.25) is 0 Å². The molecule has 5 rings (SSSR count). The van der Waals surface area contributed by atoms with Crippen molar-refractivity contribution in [1.29, 1.82) is 10.5 Å². The highest BCUT2D eigenvalue weighted by molar-refractivity contribution is 5.57. The summed E-state index contributed by atoms with van der Waals surface area (Å²) in [5.74, 6) is -0.143. The highest BCUT2D eigenvalue weighted by Crippen LogP contribution is 2.60. The standard InChI is InChI=1S/C30H35FN2/c1-3-5-24-9-7-22(19-28(24)31)6-8-23-10-11-27(26(21-33)25(23)20-32)30-16-13-29(12-4-2,14-17-30)15-18-30/h7,9-11,19H,3-6,8,12-18H2,1-2H3. The van der Waals surface area contributed by atoms with E-state index in [0.29, 0.717) is 29.4 Å². The molecule has 3 aliphatic rings. The van der Waals surface area contributed by atoms with E-state index in [1.165, 1.54) is 32.1 Å². The normalized spacial score (nSPS) is 23.8. The monoisotopic (exact) mass is 442 g/mol. The number of fused-ring (bicyclic) bond motifs is 3. The fourth-order valence-corrected chi connectivity index (χ4v) is 6.61. The van der Waals surface area contributed by atoms with Crippen molar-refractivity contribution in [2.75, 3.05) is 0 Å². The average molecular weight is 443 g/mol. The van der Waals surface area contributed by atoms with Crippen LogP contribution in [-0.2, 0) is 24.7 Å². The summed E-state index contributed by atoms with van der Waals surface area (Å²) in [5, 5.41) is 20.1. The molecule has 0 saturated heterocycles. The Kier molecular flexibility index (Phi) is 6.90. The molecule has 0 spiro atoms. The molecule has 33 heavy (non-hydrogen) atoms. The van der Waals surface area contributed by atoms with Crippen molar-refractivity contribution in [1.82, 2.24) is 0 Å². The zero-order valence-electron chi connectivity index (χ0n) is 20.1. The topological polar surface area (TPSA) is 47.6 Å². The molecule has 0 heterocycles. The van der Waals surface area contributed by atoms with Crippen molar-refractivity contribution in [3.8, 4) is 12.1 Å². The molecule has 0 radical (unpaired) electrons. The van der Waals surface area contributed by atoms with Gasteiger partial charge >= 0.3 is 0 Å². The lowest BCUT2D eigenvalue weighted by Gasteiger charge is -2.54. The zero-order chi connectivity index (χ0) is 23.5. The Balaban J connectivity index is 1.57. The van der Waals surface area contributed by atoms with Crippen molar-refractivity contribution in [3.63, 3.8) is 0 Å². The summed E-state index contributed by atoms with van der Waals surface area (Å²) in [6.45, 7) is 4.33. The largest absolute Gasteiger partial charge is 0.207 e. The number of hydrogen-bond donors (Lipinski definition) is 0. The molecule has 172 valence electrons. The van der Waals surface area contributed by atoms with Crippen LogP contribution < -0.4 is 0 Å². The molecule has 2 aromatic carbocycles. The third-order valence-electron chi connectivity index (χ3n) is 8.59. The summed E-state index contributed by atoms with van der Waals surface area (Å²) >= 11 is 0. The van der Waals surface area contributed by atoms with Crippen LogP contribution in [0.3, 0.4) is 0 Å². The average Bonchev–Trinajstić information content (AvgIpc) is 2.84. The van der Waals surface area contributed by atoms with Crippen molar-refractivity contribution in [2.24, 2.45) is 5.41 Å². The first-order valence-electron chi connectivity index (χ1n) is 12.7. The van der Waals surface area contributed by atoms with Gasteiger partial charge in [0.2, 0.25) is 0 Å². The lowest BCUT2D eigenvalue weighted by atomic mass is 9.50. The van der Waals surface area contributed by atoms with Crippen molar-refractivity contribution in [2.45, 2.75) is 96.3 Å². The Bertz CT molecular complexity index is 1080. The highest BCUT2D eigenvalue weighted by atomic mass is 19.1. The van der Waals surface area contributed by atoms with Gasteiger partial charge in [0.1, 0.15) is 18.0 Å². The third-order valence-corrected chi connectivity index (χ3v) is 8.59. The molecule has 2 bridgehead atoms. The number of nitriles is 2. The quantitative estimate of drug-likeness (QED) is 0.420. The molecule has 0 amide bonds. The fraction of sp³-hybridized carbons (Fsp3) is 0.533. The summed E-state index contributed by atoms with van der Waals surface area (Å²) in [7, 11) is 0. The summed E-state index contributed by atoms with van der Waals surface area (Å²) < 4.78 is 14.4. The van der Waals surface area contributed by atoms with E-state index in [1.54, 1.807) is 6.07 Å². The van der Waals surface area contributed by atoms with E-state index in [1.807, 2.05) is 12.1 Å². The SMILES string of the molecule is CCCc1ccc(CCc2ccc(C34CCC(CCC)(CC3)CC4)c(C#N)c2C#N)cc1F. The molecular formula is C30H35FN2. The van der Waals surface area contributed by atoms with Crippen LogP contribution in [0.25, 0.3) is 0 Å². The number of nitrogens with zero attached hydrogens (tertiary/aromatic N) is 2. The van der Waals surface area contributed by atoms with Gasteiger partial charge in [0.25, 0.3) is 0 Å². The second kappa shape index (κ2) is 9.69. The van der Waals surface area contributed by atoms with Crippen LogP contribution in [0.1, 0.15) is 105 Å². The number of halogens is 1. The van der Waals surface area contributed by atoms with E-state index < -0.39 is 0 Å². The minimum atomic E-state index is -0.143. The number of aryl methyl sites for hydroxylation is 3. The van der Waals surface area contributed by atoms with Crippen LogP contribution in [0, 0.1) is 33.9 Å². The first-order chi connectivity index (χ1) is 16.0. The summed E-state index contributed by atoms with van der Waals surface area (Å²) in [5.41, 5.74) is 5.39. The molecule has 0 N–H and O–H groups in total. The Morgan fingerprint density at radius 2 is 1.45 bits per heavy atom. The van der Waals surface area contributed by atoms with E-state index in [0.717, 1.165) is 54.4 Å². The van der Waals surface area contributed by atoms with Gasteiger partial charge in [-0.15, -0.1) is 0 Å². The van der Waals surface area contributed by atoms with Gasteiger partial charge in [-0.1, -0.05) is 51.0 Å². The zero-order valence-corrected chi connectivity index (χ0v) is 20.1. The maximum Gasteiger partial charge on any atom is 0.126 e. The molecule has 0 aromatic heterocycles. The molecule has 3 saturated carbocycles. The Morgan fingerprint density at radius 1 is 0.788 bits per heavy atom. The van der Waals surface area contributed by atoms with Crippen LogP contribution in [-0.4, -0.2) is 0 Å². The lowest BCUT2D eigenvalue weighted by Crippen LogP contribution is -2.44. The van der Waals surface area contributed by atoms with Crippen molar-refractivity contribution >= 4 is 0 Å². The summed E-state index contributed by atoms with van der Waals surface area (Å²) in [4.78, 5) is 0. The van der Waals surface area contributed by atoms with E-state index in [4.69, 9.17) is 0 Å². The second-order valence-electron chi connectivity index (χ2n) is 10.5. The molecular weight excluding hydrogens is 407 g/mol. The van der Waals surface area contributed by atoms with Crippen molar-refractivity contribution < 1.29 is 4.39 Å². The number of hydrogen-bond acceptors (Lipinski definition) is 2. The molecule has 0 aliphatic heterocycles. The Hall–Kier alpha value is -2.65. The Labute approximate surface area is 198 Å². The minimum absolute atomic E-state index is 0.0585. The van der Waals surface area contributed by atoms with E-state index in [9.17, 15) is 14.9 Å². The first-order valence-corrected chi connectivity index (χ1v) is 12.7. The van der Waals surface area contributed by atoms with E-state index in [-0.39, 0.29) is 11.2 Å². The fourth-order valence-electron chi connectivity index (χ4n) is 6.61. The van der Waals surface area contributed by atoms with Gasteiger partial charge < -0.3 is 0 Å². The maximum atomic E-state index is 14.4. The first kappa shape index (κ1) is 23.5. The summed E-state index contributed by atoms with van der Waals surface area (Å²) in [6.07, 6.45) is 12.7.